The third kappa shape index (κ3) is 5.41. The Bertz CT molecular complexity index is 818. The van der Waals surface area contributed by atoms with Crippen LogP contribution in [0.15, 0.2) is 59.5 Å². The Morgan fingerprint density at radius 1 is 1.08 bits per heavy atom. The first-order valence-electron chi connectivity index (χ1n) is 8.73. The largest absolute Gasteiger partial charge is 0.353 e. The minimum Gasteiger partial charge on any atom is -0.353 e. The van der Waals surface area contributed by atoms with E-state index in [2.05, 4.69) is 5.32 Å². The molecule has 0 aromatic heterocycles. The van der Waals surface area contributed by atoms with E-state index in [0.717, 1.165) is 17.5 Å². The monoisotopic (exact) mass is 374 g/mol. The van der Waals surface area contributed by atoms with Gasteiger partial charge in [0.05, 0.1) is 11.4 Å². The summed E-state index contributed by atoms with van der Waals surface area (Å²) in [7, 11) is -3.77. The van der Waals surface area contributed by atoms with E-state index in [1.807, 2.05) is 45.0 Å². The second kappa shape index (κ2) is 8.96. The molecule has 2 aromatic rings. The van der Waals surface area contributed by atoms with Crippen molar-refractivity contribution in [2.75, 3.05) is 6.54 Å². The average molecular weight is 375 g/mol. The second-order valence-corrected chi connectivity index (χ2v) is 8.39. The van der Waals surface area contributed by atoms with Crippen molar-refractivity contribution in [1.29, 1.82) is 0 Å². The molecule has 1 N–H and O–H groups in total. The molecule has 0 bridgehead atoms. The van der Waals surface area contributed by atoms with E-state index in [1.165, 1.54) is 4.31 Å². The van der Waals surface area contributed by atoms with Gasteiger partial charge < -0.3 is 5.32 Å². The molecule has 0 aliphatic carbocycles. The average Bonchev–Trinajstić information content (AvgIpc) is 2.63. The highest BCUT2D eigenvalue weighted by Crippen LogP contribution is 2.18. The molecule has 0 aliphatic heterocycles. The molecule has 6 heteroatoms. The molecule has 0 radical (unpaired) electrons. The number of aryl methyl sites for hydroxylation is 1. The van der Waals surface area contributed by atoms with Gasteiger partial charge in [0, 0.05) is 12.6 Å². The van der Waals surface area contributed by atoms with Gasteiger partial charge >= 0.3 is 0 Å². The van der Waals surface area contributed by atoms with Gasteiger partial charge in [-0.2, -0.15) is 4.31 Å². The SMILES string of the molecule is CC[C@@H](C)NC(=O)CN(Cc1ccc(C)cc1)S(=O)(=O)c1ccccc1. The van der Waals surface area contributed by atoms with Crippen LogP contribution < -0.4 is 5.32 Å². The zero-order valence-corrected chi connectivity index (χ0v) is 16.3. The Kier molecular flexibility index (Phi) is 6.94. The van der Waals surface area contributed by atoms with E-state index in [0.29, 0.717) is 0 Å². The lowest BCUT2D eigenvalue weighted by molar-refractivity contribution is -0.122. The smallest absolute Gasteiger partial charge is 0.243 e. The molecule has 0 spiro atoms. The summed E-state index contributed by atoms with van der Waals surface area (Å²) in [5.41, 5.74) is 1.94. The first kappa shape index (κ1) is 20.1. The van der Waals surface area contributed by atoms with Crippen molar-refractivity contribution in [2.45, 2.75) is 44.7 Å². The first-order chi connectivity index (χ1) is 12.3. The predicted molar refractivity (Wildman–Crippen MR) is 103 cm³/mol. The fourth-order valence-electron chi connectivity index (χ4n) is 2.45. The van der Waals surface area contributed by atoms with Crippen molar-refractivity contribution in [3.63, 3.8) is 0 Å². The quantitative estimate of drug-likeness (QED) is 0.772. The van der Waals surface area contributed by atoms with Crippen molar-refractivity contribution >= 4 is 15.9 Å². The van der Waals surface area contributed by atoms with Gasteiger partial charge in [0.1, 0.15) is 0 Å². The molecular formula is C20H26N2O3S. The highest BCUT2D eigenvalue weighted by Gasteiger charge is 2.27. The molecule has 0 heterocycles. The Morgan fingerprint density at radius 3 is 2.27 bits per heavy atom. The van der Waals surface area contributed by atoms with E-state index in [-0.39, 0.29) is 29.9 Å². The number of amides is 1. The van der Waals surface area contributed by atoms with Crippen LogP contribution in [-0.4, -0.2) is 31.2 Å². The maximum Gasteiger partial charge on any atom is 0.243 e. The molecule has 0 aliphatic rings. The van der Waals surface area contributed by atoms with Gasteiger partial charge in [0.25, 0.3) is 0 Å². The second-order valence-electron chi connectivity index (χ2n) is 6.45. The minimum absolute atomic E-state index is 0.00292. The van der Waals surface area contributed by atoms with Crippen LogP contribution >= 0.6 is 0 Å². The van der Waals surface area contributed by atoms with Crippen LogP contribution in [0.2, 0.25) is 0 Å². The molecule has 2 aromatic carbocycles. The Labute approximate surface area is 156 Å². The maximum atomic E-state index is 13.0. The third-order valence-electron chi connectivity index (χ3n) is 4.20. The zero-order chi connectivity index (χ0) is 19.2. The number of nitrogens with one attached hydrogen (secondary N) is 1. The van der Waals surface area contributed by atoms with Crippen molar-refractivity contribution in [2.24, 2.45) is 0 Å². The van der Waals surface area contributed by atoms with Crippen molar-refractivity contribution < 1.29 is 13.2 Å². The molecule has 0 saturated heterocycles. The molecule has 2 rings (SSSR count). The van der Waals surface area contributed by atoms with Crippen LogP contribution in [0.4, 0.5) is 0 Å². The highest BCUT2D eigenvalue weighted by molar-refractivity contribution is 7.89. The molecule has 1 atom stereocenters. The number of benzene rings is 2. The zero-order valence-electron chi connectivity index (χ0n) is 15.5. The molecule has 0 saturated carbocycles. The summed E-state index contributed by atoms with van der Waals surface area (Å²) in [6.45, 7) is 5.77. The first-order valence-corrected chi connectivity index (χ1v) is 10.2. The lowest BCUT2D eigenvalue weighted by Crippen LogP contribution is -2.43. The number of nitrogens with zero attached hydrogens (tertiary/aromatic N) is 1. The maximum absolute atomic E-state index is 13.0. The summed E-state index contributed by atoms with van der Waals surface area (Å²) in [6.07, 6.45) is 0.787. The van der Waals surface area contributed by atoms with E-state index in [4.69, 9.17) is 0 Å². The molecule has 5 nitrogen and oxygen atoms in total. The molecule has 0 fully saturated rings. The molecule has 0 unspecified atom stereocenters. The summed E-state index contributed by atoms with van der Waals surface area (Å²) >= 11 is 0. The number of hydrogen-bond acceptors (Lipinski definition) is 3. The van der Waals surface area contributed by atoms with Crippen LogP contribution in [0.1, 0.15) is 31.4 Å². The van der Waals surface area contributed by atoms with Gasteiger partial charge in [-0.1, -0.05) is 55.0 Å². The van der Waals surface area contributed by atoms with Gasteiger partial charge in [-0.25, -0.2) is 8.42 Å². The van der Waals surface area contributed by atoms with Gasteiger partial charge in [0.15, 0.2) is 0 Å². The lowest BCUT2D eigenvalue weighted by atomic mass is 10.1. The Morgan fingerprint density at radius 2 is 1.69 bits per heavy atom. The van der Waals surface area contributed by atoms with E-state index >= 15 is 0 Å². The summed E-state index contributed by atoms with van der Waals surface area (Å²) < 4.78 is 27.3. The number of rotatable bonds is 8. The van der Waals surface area contributed by atoms with Gasteiger partial charge in [0.2, 0.25) is 15.9 Å². The highest BCUT2D eigenvalue weighted by atomic mass is 32.2. The number of hydrogen-bond donors (Lipinski definition) is 1. The number of carbonyl (C=O) groups excluding carboxylic acids is 1. The summed E-state index contributed by atoms with van der Waals surface area (Å²) in [5, 5.41) is 2.83. The topological polar surface area (TPSA) is 66.5 Å². The van der Waals surface area contributed by atoms with E-state index in [9.17, 15) is 13.2 Å². The lowest BCUT2D eigenvalue weighted by Gasteiger charge is -2.23. The fraction of sp³-hybridized carbons (Fsp3) is 0.350. The fourth-order valence-corrected chi connectivity index (χ4v) is 3.85. The normalized spacial score (nSPS) is 12.8. The van der Waals surface area contributed by atoms with Crippen LogP contribution in [0.5, 0.6) is 0 Å². The number of sulfonamides is 1. The Hall–Kier alpha value is -2.18. The van der Waals surface area contributed by atoms with Crippen LogP contribution in [-0.2, 0) is 21.4 Å². The van der Waals surface area contributed by atoms with Crippen molar-refractivity contribution in [1.82, 2.24) is 9.62 Å². The standard InChI is InChI=1S/C20H26N2O3S/c1-4-17(3)21-20(23)15-22(14-18-12-10-16(2)11-13-18)26(24,25)19-8-6-5-7-9-19/h5-13,17H,4,14-15H2,1-3H3,(H,21,23)/t17-/m1/s1. The molecule has 1 amide bonds. The third-order valence-corrected chi connectivity index (χ3v) is 6.01. The van der Waals surface area contributed by atoms with E-state index < -0.39 is 10.0 Å². The van der Waals surface area contributed by atoms with Gasteiger partial charge in [-0.05, 0) is 38.0 Å². The van der Waals surface area contributed by atoms with Crippen molar-refractivity contribution in [3.8, 4) is 0 Å². The van der Waals surface area contributed by atoms with Crippen LogP contribution in [0, 0.1) is 6.92 Å². The van der Waals surface area contributed by atoms with Gasteiger partial charge in [-0.3, -0.25) is 4.79 Å². The molecule has 140 valence electrons. The minimum atomic E-state index is -3.77. The van der Waals surface area contributed by atoms with Crippen molar-refractivity contribution in [3.05, 3.63) is 65.7 Å². The predicted octanol–water partition coefficient (Wildman–Crippen LogP) is 3.10. The van der Waals surface area contributed by atoms with Crippen LogP contribution in [0.25, 0.3) is 0 Å². The van der Waals surface area contributed by atoms with Crippen LogP contribution in [0.3, 0.4) is 0 Å². The number of carbonyl (C=O) groups is 1. The Balaban J connectivity index is 2.28. The summed E-state index contributed by atoms with van der Waals surface area (Å²) in [6, 6.07) is 15.8. The summed E-state index contributed by atoms with van der Waals surface area (Å²) in [5.74, 6) is -0.300. The molecule has 26 heavy (non-hydrogen) atoms. The molecular weight excluding hydrogens is 348 g/mol. The van der Waals surface area contributed by atoms with E-state index in [1.54, 1.807) is 30.3 Å². The van der Waals surface area contributed by atoms with Gasteiger partial charge in [-0.15, -0.1) is 0 Å². The summed E-state index contributed by atoms with van der Waals surface area (Å²) in [4.78, 5) is 12.5.